The minimum atomic E-state index is 0.401. The van der Waals surface area contributed by atoms with Gasteiger partial charge in [-0.25, -0.2) is 0 Å². The van der Waals surface area contributed by atoms with Gasteiger partial charge in [0.1, 0.15) is 0 Å². The van der Waals surface area contributed by atoms with Crippen molar-refractivity contribution in [2.24, 2.45) is 0 Å². The van der Waals surface area contributed by atoms with Crippen molar-refractivity contribution < 1.29 is 4.74 Å². The monoisotopic (exact) mass is 268 g/mol. The lowest BCUT2D eigenvalue weighted by Gasteiger charge is -2.36. The molecular formula is C14H21ClN2O. The van der Waals surface area contributed by atoms with Crippen LogP contribution in [-0.2, 0) is 4.74 Å². The van der Waals surface area contributed by atoms with E-state index in [1.54, 1.807) is 0 Å². The van der Waals surface area contributed by atoms with Crippen LogP contribution in [0.5, 0.6) is 0 Å². The van der Waals surface area contributed by atoms with Crippen molar-refractivity contribution in [3.8, 4) is 0 Å². The lowest BCUT2D eigenvalue weighted by atomic mass is 10.0. The van der Waals surface area contributed by atoms with Gasteiger partial charge < -0.3 is 10.1 Å². The van der Waals surface area contributed by atoms with Gasteiger partial charge in [0.15, 0.2) is 0 Å². The third kappa shape index (κ3) is 3.69. The SMILES string of the molecule is CCOCCN1CCNCC1c1cccc(Cl)c1. The van der Waals surface area contributed by atoms with Crippen LogP contribution >= 0.6 is 11.6 Å². The quantitative estimate of drug-likeness (QED) is 0.830. The smallest absolute Gasteiger partial charge is 0.0593 e. The molecule has 1 aliphatic heterocycles. The summed E-state index contributed by atoms with van der Waals surface area (Å²) in [6.45, 7) is 7.68. The van der Waals surface area contributed by atoms with Crippen LogP contribution in [0.25, 0.3) is 0 Å². The van der Waals surface area contributed by atoms with E-state index >= 15 is 0 Å². The van der Waals surface area contributed by atoms with Crippen molar-refractivity contribution in [3.63, 3.8) is 0 Å². The van der Waals surface area contributed by atoms with E-state index in [1.165, 1.54) is 5.56 Å². The molecular weight excluding hydrogens is 248 g/mol. The molecule has 1 heterocycles. The summed E-state index contributed by atoms with van der Waals surface area (Å²) in [6, 6.07) is 8.56. The number of piperazine rings is 1. The van der Waals surface area contributed by atoms with Crippen molar-refractivity contribution in [2.45, 2.75) is 13.0 Å². The van der Waals surface area contributed by atoms with Crippen LogP contribution in [0, 0.1) is 0 Å². The molecule has 1 N–H and O–H groups in total. The minimum Gasteiger partial charge on any atom is -0.380 e. The molecule has 1 aliphatic rings. The molecule has 0 bridgehead atoms. The summed E-state index contributed by atoms with van der Waals surface area (Å²) in [5, 5.41) is 4.26. The second-order valence-electron chi connectivity index (χ2n) is 4.51. The van der Waals surface area contributed by atoms with Gasteiger partial charge in [-0.3, -0.25) is 4.90 Å². The molecule has 4 heteroatoms. The molecule has 1 atom stereocenters. The molecule has 1 saturated heterocycles. The van der Waals surface area contributed by atoms with Gasteiger partial charge in [-0.1, -0.05) is 23.7 Å². The van der Waals surface area contributed by atoms with E-state index in [9.17, 15) is 0 Å². The molecule has 1 aromatic rings. The Kier molecular flexibility index (Phi) is 5.45. The fourth-order valence-corrected chi connectivity index (χ4v) is 2.58. The summed E-state index contributed by atoms with van der Waals surface area (Å²) >= 11 is 6.07. The molecule has 0 spiro atoms. The predicted molar refractivity (Wildman–Crippen MR) is 75.1 cm³/mol. The number of hydrogen-bond acceptors (Lipinski definition) is 3. The zero-order valence-electron chi connectivity index (χ0n) is 10.9. The second kappa shape index (κ2) is 7.10. The van der Waals surface area contributed by atoms with E-state index in [1.807, 2.05) is 19.1 Å². The largest absolute Gasteiger partial charge is 0.380 e. The lowest BCUT2D eigenvalue weighted by Crippen LogP contribution is -2.47. The van der Waals surface area contributed by atoms with Crippen LogP contribution in [0.15, 0.2) is 24.3 Å². The van der Waals surface area contributed by atoms with E-state index in [2.05, 4.69) is 22.3 Å². The average molecular weight is 269 g/mol. The maximum Gasteiger partial charge on any atom is 0.0593 e. The first-order valence-corrected chi connectivity index (χ1v) is 6.97. The zero-order valence-corrected chi connectivity index (χ0v) is 11.6. The van der Waals surface area contributed by atoms with Crippen LogP contribution in [-0.4, -0.2) is 44.3 Å². The topological polar surface area (TPSA) is 24.5 Å². The number of benzene rings is 1. The second-order valence-corrected chi connectivity index (χ2v) is 4.94. The van der Waals surface area contributed by atoms with Gasteiger partial charge in [-0.05, 0) is 24.6 Å². The highest BCUT2D eigenvalue weighted by atomic mass is 35.5. The molecule has 0 aromatic heterocycles. The van der Waals surface area contributed by atoms with Crippen LogP contribution in [0.3, 0.4) is 0 Å². The van der Waals surface area contributed by atoms with E-state index in [0.717, 1.165) is 44.4 Å². The predicted octanol–water partition coefficient (Wildman–Crippen LogP) is 2.32. The Labute approximate surface area is 114 Å². The molecule has 0 aliphatic carbocycles. The molecule has 0 radical (unpaired) electrons. The summed E-state index contributed by atoms with van der Waals surface area (Å²) in [4.78, 5) is 2.47. The summed E-state index contributed by atoms with van der Waals surface area (Å²) in [7, 11) is 0. The van der Waals surface area contributed by atoms with Crippen molar-refractivity contribution in [3.05, 3.63) is 34.9 Å². The fourth-order valence-electron chi connectivity index (χ4n) is 2.38. The van der Waals surface area contributed by atoms with Crippen molar-refractivity contribution >= 4 is 11.6 Å². The first-order chi connectivity index (χ1) is 8.81. The molecule has 1 fully saturated rings. The minimum absolute atomic E-state index is 0.401. The zero-order chi connectivity index (χ0) is 12.8. The first-order valence-electron chi connectivity index (χ1n) is 6.59. The van der Waals surface area contributed by atoms with E-state index < -0.39 is 0 Å². The molecule has 18 heavy (non-hydrogen) atoms. The Morgan fingerprint density at radius 1 is 1.50 bits per heavy atom. The van der Waals surface area contributed by atoms with Gasteiger partial charge in [0.25, 0.3) is 0 Å². The van der Waals surface area contributed by atoms with Gasteiger partial charge in [0.05, 0.1) is 6.61 Å². The number of nitrogens with zero attached hydrogens (tertiary/aromatic N) is 1. The molecule has 1 unspecified atom stereocenters. The summed E-state index contributed by atoms with van der Waals surface area (Å²) in [6.07, 6.45) is 0. The highest BCUT2D eigenvalue weighted by molar-refractivity contribution is 6.30. The van der Waals surface area contributed by atoms with Gasteiger partial charge >= 0.3 is 0 Å². The number of halogens is 1. The first kappa shape index (κ1) is 13.8. The number of hydrogen-bond donors (Lipinski definition) is 1. The maximum absolute atomic E-state index is 6.07. The van der Waals surface area contributed by atoms with E-state index in [4.69, 9.17) is 16.3 Å². The Balaban J connectivity index is 2.03. The molecule has 3 nitrogen and oxygen atoms in total. The number of ether oxygens (including phenoxy) is 1. The fraction of sp³-hybridized carbons (Fsp3) is 0.571. The van der Waals surface area contributed by atoms with E-state index in [0.29, 0.717) is 6.04 Å². The maximum atomic E-state index is 6.07. The molecule has 0 amide bonds. The van der Waals surface area contributed by atoms with Gasteiger partial charge in [-0.2, -0.15) is 0 Å². The van der Waals surface area contributed by atoms with Crippen LogP contribution in [0.1, 0.15) is 18.5 Å². The van der Waals surface area contributed by atoms with Gasteiger partial charge in [0, 0.05) is 43.9 Å². The Bertz CT molecular complexity index is 373. The number of rotatable bonds is 5. The summed E-state index contributed by atoms with van der Waals surface area (Å²) < 4.78 is 5.46. The molecule has 100 valence electrons. The highest BCUT2D eigenvalue weighted by Crippen LogP contribution is 2.24. The Hall–Kier alpha value is -0.610. The third-order valence-corrected chi connectivity index (χ3v) is 3.55. The van der Waals surface area contributed by atoms with Crippen LogP contribution in [0.4, 0.5) is 0 Å². The van der Waals surface area contributed by atoms with Crippen molar-refractivity contribution in [1.82, 2.24) is 10.2 Å². The average Bonchev–Trinajstić information content (AvgIpc) is 2.40. The van der Waals surface area contributed by atoms with Gasteiger partial charge in [-0.15, -0.1) is 0 Å². The van der Waals surface area contributed by atoms with Crippen LogP contribution < -0.4 is 5.32 Å². The molecule has 0 saturated carbocycles. The van der Waals surface area contributed by atoms with Gasteiger partial charge in [0.2, 0.25) is 0 Å². The number of nitrogens with one attached hydrogen (secondary N) is 1. The summed E-state index contributed by atoms with van der Waals surface area (Å²) in [5.74, 6) is 0. The van der Waals surface area contributed by atoms with E-state index in [-0.39, 0.29) is 0 Å². The lowest BCUT2D eigenvalue weighted by molar-refractivity contribution is 0.0829. The molecule has 1 aromatic carbocycles. The molecule has 2 rings (SSSR count). The Morgan fingerprint density at radius 2 is 2.39 bits per heavy atom. The third-order valence-electron chi connectivity index (χ3n) is 3.31. The standard InChI is InChI=1S/C14H21ClN2O/c1-2-18-9-8-17-7-6-16-11-14(17)12-4-3-5-13(15)10-12/h3-5,10,14,16H,2,6-9,11H2,1H3. The van der Waals surface area contributed by atoms with Crippen LogP contribution in [0.2, 0.25) is 5.02 Å². The van der Waals surface area contributed by atoms with Crippen molar-refractivity contribution in [1.29, 1.82) is 0 Å². The Morgan fingerprint density at radius 3 is 3.17 bits per heavy atom. The normalized spacial score (nSPS) is 21.1. The highest BCUT2D eigenvalue weighted by Gasteiger charge is 2.23. The summed E-state index contributed by atoms with van der Waals surface area (Å²) in [5.41, 5.74) is 1.28. The van der Waals surface area contributed by atoms with Crippen molar-refractivity contribution in [2.75, 3.05) is 39.4 Å².